The molecule has 4 aromatic rings. The van der Waals surface area contributed by atoms with Crippen LogP contribution in [0.5, 0.6) is 0 Å². The molecule has 1 N–H and O–H groups in total. The molecule has 1 aromatic carbocycles. The molecule has 1 atom stereocenters. The Morgan fingerprint density at radius 3 is 2.86 bits per heavy atom. The summed E-state index contributed by atoms with van der Waals surface area (Å²) in [5.74, 6) is 1.24. The van der Waals surface area contributed by atoms with E-state index in [4.69, 9.17) is 4.98 Å². The van der Waals surface area contributed by atoms with Crippen molar-refractivity contribution in [3.05, 3.63) is 53.1 Å². The number of hydrogen-bond donors (Lipinski definition) is 1. The normalized spacial score (nSPS) is 17.3. The molecule has 1 amide bonds. The first-order valence-corrected chi connectivity index (χ1v) is 10.1. The second-order valence-electron chi connectivity index (χ2n) is 7.95. The number of nitrogens with zero attached hydrogens (tertiary/aromatic N) is 5. The summed E-state index contributed by atoms with van der Waals surface area (Å²) in [6.45, 7) is 5.29. The van der Waals surface area contributed by atoms with Crippen LogP contribution >= 0.6 is 0 Å². The number of carbonyl (C=O) groups excluding carboxylic acids is 1. The number of nitrogens with one attached hydrogen (secondary N) is 1. The summed E-state index contributed by atoms with van der Waals surface area (Å²) >= 11 is 0. The Morgan fingerprint density at radius 1 is 1.21 bits per heavy atom. The molecule has 1 fully saturated rings. The molecule has 0 spiro atoms. The predicted octanol–water partition coefficient (Wildman–Crippen LogP) is 3.48. The van der Waals surface area contributed by atoms with Crippen LogP contribution in [0.25, 0.3) is 22.1 Å². The van der Waals surface area contributed by atoms with Crippen LogP contribution in [-0.4, -0.2) is 48.6 Å². The second kappa shape index (κ2) is 6.69. The average Bonchev–Trinajstić information content (AvgIpc) is 3.28. The zero-order chi connectivity index (χ0) is 20.1. The summed E-state index contributed by atoms with van der Waals surface area (Å²) < 4.78 is 1.75. The highest BCUT2D eigenvalue weighted by Crippen LogP contribution is 2.29. The van der Waals surface area contributed by atoms with Crippen molar-refractivity contribution in [1.29, 1.82) is 0 Å². The average molecular weight is 388 g/mol. The zero-order valence-electron chi connectivity index (χ0n) is 16.9. The van der Waals surface area contributed by atoms with Gasteiger partial charge in [0.2, 0.25) is 0 Å². The number of para-hydroxylation sites is 2. The molecule has 1 aliphatic heterocycles. The zero-order valence-corrected chi connectivity index (χ0v) is 16.9. The molecule has 1 aliphatic rings. The largest absolute Gasteiger partial charge is 0.342 e. The summed E-state index contributed by atoms with van der Waals surface area (Å²) in [6, 6.07) is 9.96. The summed E-state index contributed by atoms with van der Waals surface area (Å²) in [5.41, 5.74) is 5.14. The minimum Gasteiger partial charge on any atom is -0.342 e. The summed E-state index contributed by atoms with van der Waals surface area (Å²) in [7, 11) is 1.87. The van der Waals surface area contributed by atoms with E-state index in [1.54, 1.807) is 4.68 Å². The monoisotopic (exact) mass is 388 g/mol. The number of aryl methyl sites for hydroxylation is 3. The van der Waals surface area contributed by atoms with Crippen LogP contribution in [0, 0.1) is 13.8 Å². The van der Waals surface area contributed by atoms with Gasteiger partial charge in [-0.25, -0.2) is 9.97 Å². The molecular weight excluding hydrogens is 364 g/mol. The van der Waals surface area contributed by atoms with Crippen LogP contribution in [0.15, 0.2) is 30.3 Å². The number of rotatable bonds is 2. The number of aromatic amines is 1. The minimum absolute atomic E-state index is 0.0532. The molecule has 148 valence electrons. The van der Waals surface area contributed by atoms with Crippen LogP contribution in [0.3, 0.4) is 0 Å². The highest BCUT2D eigenvalue weighted by atomic mass is 16.2. The second-order valence-corrected chi connectivity index (χ2v) is 7.95. The number of amides is 1. The van der Waals surface area contributed by atoms with E-state index in [1.807, 2.05) is 56.1 Å². The molecule has 7 heteroatoms. The minimum atomic E-state index is 0.0532. The third-order valence-corrected chi connectivity index (χ3v) is 5.83. The standard InChI is InChI=1S/C22H24N6O/c1-13-11-16(19-14(2)26-27(3)21(19)23-13)22(29)28-10-6-7-15(12-28)20-24-17-8-4-5-9-18(17)25-20/h4-5,8-9,11,15H,6-7,10,12H2,1-3H3,(H,24,25)/t15-/m0/s1. The lowest BCUT2D eigenvalue weighted by molar-refractivity contribution is 0.0706. The molecule has 0 aliphatic carbocycles. The van der Waals surface area contributed by atoms with Crippen molar-refractivity contribution in [2.45, 2.75) is 32.6 Å². The summed E-state index contributed by atoms with van der Waals surface area (Å²) in [6.07, 6.45) is 1.99. The van der Waals surface area contributed by atoms with Crippen LogP contribution in [-0.2, 0) is 7.05 Å². The van der Waals surface area contributed by atoms with Crippen molar-refractivity contribution in [1.82, 2.24) is 29.6 Å². The number of carbonyl (C=O) groups is 1. The first kappa shape index (κ1) is 17.8. The predicted molar refractivity (Wildman–Crippen MR) is 112 cm³/mol. The van der Waals surface area contributed by atoms with Gasteiger partial charge in [0.05, 0.1) is 27.7 Å². The van der Waals surface area contributed by atoms with Gasteiger partial charge in [0.25, 0.3) is 5.91 Å². The first-order valence-electron chi connectivity index (χ1n) is 10.1. The van der Waals surface area contributed by atoms with Gasteiger partial charge < -0.3 is 9.88 Å². The summed E-state index contributed by atoms with van der Waals surface area (Å²) in [5, 5.41) is 5.33. The number of imidazole rings is 1. The van der Waals surface area contributed by atoms with E-state index in [0.29, 0.717) is 12.1 Å². The molecule has 0 bridgehead atoms. The van der Waals surface area contributed by atoms with Crippen molar-refractivity contribution >= 4 is 28.0 Å². The Morgan fingerprint density at radius 2 is 2.03 bits per heavy atom. The highest BCUT2D eigenvalue weighted by molar-refractivity contribution is 6.06. The number of benzene rings is 1. The van der Waals surface area contributed by atoms with E-state index in [0.717, 1.165) is 58.7 Å². The molecule has 1 saturated heterocycles. The van der Waals surface area contributed by atoms with E-state index in [1.165, 1.54) is 0 Å². The number of pyridine rings is 1. The van der Waals surface area contributed by atoms with Gasteiger partial charge in [0.1, 0.15) is 5.82 Å². The van der Waals surface area contributed by atoms with E-state index in [2.05, 4.69) is 15.1 Å². The lowest BCUT2D eigenvalue weighted by atomic mass is 9.96. The van der Waals surface area contributed by atoms with E-state index >= 15 is 0 Å². The van der Waals surface area contributed by atoms with Gasteiger partial charge >= 0.3 is 0 Å². The van der Waals surface area contributed by atoms with Crippen LogP contribution in [0.2, 0.25) is 0 Å². The van der Waals surface area contributed by atoms with Gasteiger partial charge in [-0.05, 0) is 44.9 Å². The highest BCUT2D eigenvalue weighted by Gasteiger charge is 2.29. The maximum Gasteiger partial charge on any atom is 0.254 e. The number of H-pyrrole nitrogens is 1. The van der Waals surface area contributed by atoms with Crippen LogP contribution in [0.4, 0.5) is 0 Å². The molecule has 0 radical (unpaired) electrons. The van der Waals surface area contributed by atoms with Gasteiger partial charge in [0.15, 0.2) is 5.65 Å². The van der Waals surface area contributed by atoms with Crippen molar-refractivity contribution in [2.24, 2.45) is 7.05 Å². The number of aromatic nitrogens is 5. The number of likely N-dealkylation sites (tertiary alicyclic amines) is 1. The van der Waals surface area contributed by atoms with Crippen LogP contribution in [0.1, 0.15) is 46.3 Å². The Bertz CT molecular complexity index is 1200. The van der Waals surface area contributed by atoms with Crippen molar-refractivity contribution < 1.29 is 4.79 Å². The van der Waals surface area contributed by atoms with Crippen LogP contribution < -0.4 is 0 Å². The Labute approximate surface area is 168 Å². The maximum absolute atomic E-state index is 13.5. The molecule has 29 heavy (non-hydrogen) atoms. The summed E-state index contributed by atoms with van der Waals surface area (Å²) in [4.78, 5) is 28.3. The van der Waals surface area contributed by atoms with Crippen molar-refractivity contribution in [2.75, 3.05) is 13.1 Å². The third kappa shape index (κ3) is 2.97. The van der Waals surface area contributed by atoms with Gasteiger partial charge in [-0.15, -0.1) is 0 Å². The molecular formula is C22H24N6O. The topological polar surface area (TPSA) is 79.7 Å². The number of hydrogen-bond acceptors (Lipinski definition) is 4. The number of piperidine rings is 1. The van der Waals surface area contributed by atoms with E-state index < -0.39 is 0 Å². The molecule has 4 heterocycles. The van der Waals surface area contributed by atoms with Gasteiger partial charge in [-0.3, -0.25) is 9.48 Å². The first-order chi connectivity index (χ1) is 14.0. The smallest absolute Gasteiger partial charge is 0.254 e. The van der Waals surface area contributed by atoms with Gasteiger partial charge in [-0.1, -0.05) is 12.1 Å². The fraction of sp³-hybridized carbons (Fsp3) is 0.364. The molecule has 5 rings (SSSR count). The quantitative estimate of drug-likeness (QED) is 0.570. The van der Waals surface area contributed by atoms with Crippen molar-refractivity contribution in [3.8, 4) is 0 Å². The van der Waals surface area contributed by atoms with Gasteiger partial charge in [-0.2, -0.15) is 5.10 Å². The Balaban J connectivity index is 1.48. The van der Waals surface area contributed by atoms with Crippen molar-refractivity contribution in [3.63, 3.8) is 0 Å². The molecule has 0 saturated carbocycles. The Kier molecular flexibility index (Phi) is 4.12. The van der Waals surface area contributed by atoms with Gasteiger partial charge in [0, 0.05) is 31.7 Å². The third-order valence-electron chi connectivity index (χ3n) is 5.83. The van der Waals surface area contributed by atoms with E-state index in [-0.39, 0.29) is 11.8 Å². The molecule has 3 aromatic heterocycles. The fourth-order valence-corrected chi connectivity index (χ4v) is 4.46. The fourth-order valence-electron chi connectivity index (χ4n) is 4.46. The maximum atomic E-state index is 13.5. The molecule has 7 nitrogen and oxygen atoms in total. The molecule has 0 unspecified atom stereocenters. The lowest BCUT2D eigenvalue weighted by Gasteiger charge is -2.32. The lowest BCUT2D eigenvalue weighted by Crippen LogP contribution is -2.39. The van der Waals surface area contributed by atoms with E-state index in [9.17, 15) is 4.79 Å². The SMILES string of the molecule is Cc1cc(C(=O)N2CCC[C@H](c3nc4ccccc4[nH]3)C2)c2c(C)nn(C)c2n1. The number of fused-ring (bicyclic) bond motifs is 2. The Hall–Kier alpha value is -3.22.